The summed E-state index contributed by atoms with van der Waals surface area (Å²) in [6.07, 6.45) is 10.5. The third-order valence-electron chi connectivity index (χ3n) is 5.06. The Hall–Kier alpha value is -0.790. The molecule has 2 atom stereocenters. The van der Waals surface area contributed by atoms with Crippen molar-refractivity contribution >= 4 is 29.9 Å². The van der Waals surface area contributed by atoms with E-state index in [0.717, 1.165) is 38.1 Å². The highest BCUT2D eigenvalue weighted by atomic mass is 127. The van der Waals surface area contributed by atoms with Gasteiger partial charge in [0.1, 0.15) is 0 Å². The minimum atomic E-state index is 0. The van der Waals surface area contributed by atoms with E-state index in [0.29, 0.717) is 5.92 Å². The zero-order valence-corrected chi connectivity index (χ0v) is 18.7. The van der Waals surface area contributed by atoms with Crippen LogP contribution in [-0.2, 0) is 7.05 Å². The van der Waals surface area contributed by atoms with Gasteiger partial charge in [0.15, 0.2) is 5.96 Å². The lowest BCUT2D eigenvalue weighted by Crippen LogP contribution is -2.40. The van der Waals surface area contributed by atoms with E-state index in [2.05, 4.69) is 42.3 Å². The number of nitrogens with zero attached hydrogens (tertiary/aromatic N) is 4. The molecule has 25 heavy (non-hydrogen) atoms. The number of halogens is 1. The number of hydrogen-bond acceptors (Lipinski definition) is 2. The molecule has 0 aliphatic carbocycles. The molecule has 1 fully saturated rings. The molecule has 0 spiro atoms. The zero-order chi connectivity index (χ0) is 17.4. The number of unbranched alkanes of at least 4 members (excludes halogenated alkanes) is 1. The fraction of sp³-hybridized carbons (Fsp3) is 0.789. The van der Waals surface area contributed by atoms with Crippen molar-refractivity contribution in [2.24, 2.45) is 18.0 Å². The second-order valence-electron chi connectivity index (χ2n) is 6.99. The number of nitrogens with one attached hydrogen (secondary N) is 1. The molecule has 144 valence electrons. The Bertz CT molecular complexity index is 514. The van der Waals surface area contributed by atoms with Gasteiger partial charge in [-0.25, -0.2) is 0 Å². The lowest BCUT2D eigenvalue weighted by atomic mass is 10.00. The fourth-order valence-electron chi connectivity index (χ4n) is 3.43. The molecule has 0 amide bonds. The first-order valence-corrected chi connectivity index (χ1v) is 9.69. The summed E-state index contributed by atoms with van der Waals surface area (Å²) < 4.78 is 1.90. The van der Waals surface area contributed by atoms with Crippen LogP contribution in [0.1, 0.15) is 64.4 Å². The molecule has 5 nitrogen and oxygen atoms in total. The van der Waals surface area contributed by atoms with Crippen LogP contribution in [0, 0.1) is 5.92 Å². The second-order valence-corrected chi connectivity index (χ2v) is 6.99. The van der Waals surface area contributed by atoms with E-state index in [1.807, 2.05) is 17.9 Å². The summed E-state index contributed by atoms with van der Waals surface area (Å²) in [4.78, 5) is 7.39. The van der Waals surface area contributed by atoms with Crippen LogP contribution in [0.2, 0.25) is 0 Å². The van der Waals surface area contributed by atoms with Crippen LogP contribution in [0.3, 0.4) is 0 Å². The average Bonchev–Trinajstić information content (AvgIpc) is 3.22. The van der Waals surface area contributed by atoms with E-state index in [4.69, 9.17) is 4.99 Å². The molecule has 0 saturated carbocycles. The quantitative estimate of drug-likeness (QED) is 0.362. The molecular weight excluding hydrogens is 425 g/mol. The van der Waals surface area contributed by atoms with Crippen molar-refractivity contribution in [3.63, 3.8) is 0 Å². The lowest BCUT2D eigenvalue weighted by molar-refractivity contribution is 0.447. The summed E-state index contributed by atoms with van der Waals surface area (Å²) in [6, 6.07) is 0. The van der Waals surface area contributed by atoms with Crippen molar-refractivity contribution < 1.29 is 0 Å². The summed E-state index contributed by atoms with van der Waals surface area (Å²) in [5.74, 6) is 2.39. The second kappa shape index (κ2) is 11.8. The number of rotatable bonds is 8. The summed E-state index contributed by atoms with van der Waals surface area (Å²) in [7, 11) is 1.99. The number of aliphatic imine (C=N–C) groups is 1. The van der Waals surface area contributed by atoms with Gasteiger partial charge in [-0.3, -0.25) is 9.67 Å². The van der Waals surface area contributed by atoms with Crippen molar-refractivity contribution in [1.29, 1.82) is 0 Å². The zero-order valence-electron chi connectivity index (χ0n) is 16.4. The predicted octanol–water partition coefficient (Wildman–Crippen LogP) is 4.01. The number of aromatic nitrogens is 2. The van der Waals surface area contributed by atoms with Gasteiger partial charge in [-0.1, -0.05) is 33.1 Å². The topological polar surface area (TPSA) is 45.5 Å². The van der Waals surface area contributed by atoms with Crippen LogP contribution in [0.5, 0.6) is 0 Å². The van der Waals surface area contributed by atoms with Crippen LogP contribution < -0.4 is 5.32 Å². The molecular formula is C19H36IN5. The van der Waals surface area contributed by atoms with Crippen molar-refractivity contribution in [1.82, 2.24) is 20.0 Å². The van der Waals surface area contributed by atoms with Crippen molar-refractivity contribution in [2.75, 3.05) is 26.2 Å². The standard InChI is InChI=1S/C19H35N5.HI/c1-5-8-9-16(6-2)12-21-19(20-7-3)24-11-10-17(15-24)18-13-22-23(4)14-18;/h13-14,16-17H,5-12,15H2,1-4H3,(H,20,21);1H. The maximum Gasteiger partial charge on any atom is 0.193 e. The van der Waals surface area contributed by atoms with Gasteiger partial charge in [0.2, 0.25) is 0 Å². The molecule has 1 saturated heterocycles. The van der Waals surface area contributed by atoms with Gasteiger partial charge in [-0.2, -0.15) is 5.10 Å². The maximum absolute atomic E-state index is 4.96. The number of likely N-dealkylation sites (tertiary alicyclic amines) is 1. The maximum atomic E-state index is 4.96. The van der Waals surface area contributed by atoms with E-state index in [9.17, 15) is 0 Å². The van der Waals surface area contributed by atoms with Crippen LogP contribution in [0.25, 0.3) is 0 Å². The van der Waals surface area contributed by atoms with Crippen LogP contribution >= 0.6 is 24.0 Å². The first-order chi connectivity index (χ1) is 11.7. The van der Waals surface area contributed by atoms with E-state index in [1.54, 1.807) is 0 Å². The molecule has 1 aliphatic heterocycles. The smallest absolute Gasteiger partial charge is 0.193 e. The number of hydrogen-bond donors (Lipinski definition) is 1. The molecule has 2 heterocycles. The van der Waals surface area contributed by atoms with Gasteiger partial charge in [0.05, 0.1) is 6.20 Å². The summed E-state index contributed by atoms with van der Waals surface area (Å²) in [6.45, 7) is 10.7. The fourth-order valence-corrected chi connectivity index (χ4v) is 3.43. The molecule has 0 aromatic carbocycles. The summed E-state index contributed by atoms with van der Waals surface area (Å²) >= 11 is 0. The Labute approximate surface area is 170 Å². The van der Waals surface area contributed by atoms with Crippen LogP contribution in [0.4, 0.5) is 0 Å². The minimum absolute atomic E-state index is 0. The molecule has 1 aromatic heterocycles. The molecule has 0 bridgehead atoms. The summed E-state index contributed by atoms with van der Waals surface area (Å²) in [5, 5.41) is 7.81. The monoisotopic (exact) mass is 461 g/mol. The third-order valence-corrected chi connectivity index (χ3v) is 5.06. The first kappa shape index (κ1) is 22.3. The highest BCUT2D eigenvalue weighted by Crippen LogP contribution is 2.26. The molecule has 1 aromatic rings. The van der Waals surface area contributed by atoms with Gasteiger partial charge in [-0.15, -0.1) is 24.0 Å². The average molecular weight is 461 g/mol. The van der Waals surface area contributed by atoms with Gasteiger partial charge in [0.25, 0.3) is 0 Å². The Morgan fingerprint density at radius 1 is 1.40 bits per heavy atom. The van der Waals surface area contributed by atoms with Gasteiger partial charge in [0, 0.05) is 45.3 Å². The van der Waals surface area contributed by atoms with Gasteiger partial charge in [-0.05, 0) is 31.2 Å². The first-order valence-electron chi connectivity index (χ1n) is 9.69. The van der Waals surface area contributed by atoms with Crippen molar-refractivity contribution in [2.45, 2.75) is 58.8 Å². The lowest BCUT2D eigenvalue weighted by Gasteiger charge is -2.22. The SMILES string of the molecule is CCCCC(CC)CN=C(NCC)N1CCC(c2cnn(C)c2)C1.I. The predicted molar refractivity (Wildman–Crippen MR) is 117 cm³/mol. The molecule has 1 N–H and O–H groups in total. The molecule has 1 aliphatic rings. The molecule has 2 rings (SSSR count). The third kappa shape index (κ3) is 6.79. The van der Waals surface area contributed by atoms with E-state index < -0.39 is 0 Å². The Balaban J connectivity index is 0.00000312. The molecule has 2 unspecified atom stereocenters. The van der Waals surface area contributed by atoms with Crippen molar-refractivity contribution in [3.05, 3.63) is 18.0 Å². The largest absolute Gasteiger partial charge is 0.357 e. The minimum Gasteiger partial charge on any atom is -0.357 e. The highest BCUT2D eigenvalue weighted by Gasteiger charge is 2.27. The number of guanidine groups is 1. The van der Waals surface area contributed by atoms with Crippen LogP contribution in [-0.4, -0.2) is 46.8 Å². The Morgan fingerprint density at radius 3 is 2.80 bits per heavy atom. The van der Waals surface area contributed by atoms with Crippen molar-refractivity contribution in [3.8, 4) is 0 Å². The van der Waals surface area contributed by atoms with Crippen LogP contribution in [0.15, 0.2) is 17.4 Å². The molecule has 6 heteroatoms. The van der Waals surface area contributed by atoms with E-state index in [-0.39, 0.29) is 24.0 Å². The number of aryl methyl sites for hydroxylation is 1. The Morgan fingerprint density at radius 2 is 2.20 bits per heavy atom. The highest BCUT2D eigenvalue weighted by molar-refractivity contribution is 14.0. The normalized spacial score (nSPS) is 19.0. The van der Waals surface area contributed by atoms with Gasteiger partial charge < -0.3 is 10.2 Å². The summed E-state index contributed by atoms with van der Waals surface area (Å²) in [5.41, 5.74) is 1.35. The van der Waals surface area contributed by atoms with E-state index >= 15 is 0 Å². The Kier molecular flexibility index (Phi) is 10.5. The van der Waals surface area contributed by atoms with E-state index in [1.165, 1.54) is 37.7 Å². The van der Waals surface area contributed by atoms with Gasteiger partial charge >= 0.3 is 0 Å². The molecule has 0 radical (unpaired) electrons.